The summed E-state index contributed by atoms with van der Waals surface area (Å²) in [6.45, 7) is 5.17. The van der Waals surface area contributed by atoms with Gasteiger partial charge in [-0.1, -0.05) is 63.9 Å². The molecule has 1 heterocycles. The van der Waals surface area contributed by atoms with Gasteiger partial charge >= 0.3 is 12.1 Å². The number of hydrogen-bond donors (Lipinski definition) is 0. The molecule has 0 aliphatic rings. The lowest BCUT2D eigenvalue weighted by molar-refractivity contribution is 0.0527. The Hall–Kier alpha value is -2.30. The summed E-state index contributed by atoms with van der Waals surface area (Å²) in [5, 5.41) is 0.476. The molecular weight excluding hydrogens is 620 g/mol. The highest BCUT2D eigenvalue weighted by Gasteiger charge is 2.32. The third-order valence-corrected chi connectivity index (χ3v) is 7.49. The zero-order valence-corrected chi connectivity index (χ0v) is 23.9. The van der Waals surface area contributed by atoms with E-state index in [9.17, 15) is 18.4 Å². The summed E-state index contributed by atoms with van der Waals surface area (Å²) in [7, 11) is 0. The van der Waals surface area contributed by atoms with E-state index in [0.717, 1.165) is 38.4 Å². The molecule has 10 heteroatoms. The molecular formula is C26H25Br2F2NO4S. The van der Waals surface area contributed by atoms with Gasteiger partial charge in [0.05, 0.1) is 25.3 Å². The van der Waals surface area contributed by atoms with Crippen molar-refractivity contribution in [2.45, 2.75) is 32.6 Å². The number of alkyl halides is 1. The molecule has 0 aliphatic heterocycles. The number of hydrogen-bond acceptors (Lipinski definition) is 5. The highest BCUT2D eigenvalue weighted by molar-refractivity contribution is 9.10. The summed E-state index contributed by atoms with van der Waals surface area (Å²) >= 11 is 8.04. The predicted molar refractivity (Wildman–Crippen MR) is 145 cm³/mol. The van der Waals surface area contributed by atoms with Gasteiger partial charge in [0.15, 0.2) is 0 Å². The zero-order chi connectivity index (χ0) is 26.4. The number of ether oxygens (including phenoxy) is 2. The van der Waals surface area contributed by atoms with E-state index in [1.54, 1.807) is 6.92 Å². The fraction of sp³-hybridized carbons (Fsp3) is 0.308. The largest absolute Gasteiger partial charge is 0.462 e. The first kappa shape index (κ1) is 28.3. The SMILES string of the molecule is CCOC(=O)c1c(N(Cc2c(F)cccc2F)C(=O)OCC(C)C)sc(-c2ccc(Br)cc2)c1CBr. The fourth-order valence-electron chi connectivity index (χ4n) is 3.39. The summed E-state index contributed by atoms with van der Waals surface area (Å²) in [5.74, 6) is -2.22. The molecule has 36 heavy (non-hydrogen) atoms. The number of thiophene rings is 1. The van der Waals surface area contributed by atoms with Crippen molar-refractivity contribution in [3.05, 3.63) is 75.3 Å². The first-order valence-electron chi connectivity index (χ1n) is 11.2. The molecule has 0 N–H and O–H groups in total. The second-order valence-corrected chi connectivity index (χ2v) is 10.7. The average molecular weight is 645 g/mol. The molecule has 0 unspecified atom stereocenters. The van der Waals surface area contributed by atoms with Crippen LogP contribution >= 0.6 is 43.2 Å². The lowest BCUT2D eigenvalue weighted by Crippen LogP contribution is -2.33. The van der Waals surface area contributed by atoms with Crippen LogP contribution in [-0.2, 0) is 21.3 Å². The molecule has 0 atom stereocenters. The van der Waals surface area contributed by atoms with Gasteiger partial charge in [-0.15, -0.1) is 11.3 Å². The molecule has 2 aromatic carbocycles. The molecule has 0 bridgehead atoms. The van der Waals surface area contributed by atoms with Gasteiger partial charge in [-0.2, -0.15) is 0 Å². The number of rotatable bonds is 9. The number of carbonyl (C=O) groups excluding carboxylic acids is 2. The topological polar surface area (TPSA) is 55.8 Å². The number of nitrogens with zero attached hydrogens (tertiary/aromatic N) is 1. The van der Waals surface area contributed by atoms with E-state index >= 15 is 0 Å². The lowest BCUT2D eigenvalue weighted by Gasteiger charge is -2.23. The summed E-state index contributed by atoms with van der Waals surface area (Å²) in [6, 6.07) is 11.0. The van der Waals surface area contributed by atoms with E-state index in [2.05, 4.69) is 31.9 Å². The lowest BCUT2D eigenvalue weighted by atomic mass is 10.1. The normalized spacial score (nSPS) is 11.0. The molecule has 0 fully saturated rings. The Balaban J connectivity index is 2.23. The molecule has 3 rings (SSSR count). The number of carbonyl (C=O) groups is 2. The van der Waals surface area contributed by atoms with Crippen molar-refractivity contribution in [3.8, 4) is 10.4 Å². The summed E-state index contributed by atoms with van der Waals surface area (Å²) in [6.07, 6.45) is -0.818. The molecule has 0 saturated carbocycles. The van der Waals surface area contributed by atoms with Gasteiger partial charge in [-0.05, 0) is 48.2 Å². The molecule has 3 aromatic rings. The number of amides is 1. The van der Waals surface area contributed by atoms with Crippen LogP contribution < -0.4 is 4.90 Å². The number of esters is 1. The maximum absolute atomic E-state index is 14.6. The van der Waals surface area contributed by atoms with Crippen LogP contribution in [0.2, 0.25) is 0 Å². The summed E-state index contributed by atoms with van der Waals surface area (Å²) in [5.41, 5.74) is 1.25. The number of anilines is 1. The second-order valence-electron chi connectivity index (χ2n) is 8.21. The van der Waals surface area contributed by atoms with Crippen LogP contribution in [0.1, 0.15) is 42.3 Å². The minimum Gasteiger partial charge on any atom is -0.462 e. The van der Waals surface area contributed by atoms with E-state index in [1.165, 1.54) is 6.07 Å². The van der Waals surface area contributed by atoms with Gasteiger partial charge in [0.25, 0.3) is 0 Å². The van der Waals surface area contributed by atoms with E-state index in [0.29, 0.717) is 10.4 Å². The van der Waals surface area contributed by atoms with E-state index < -0.39 is 30.2 Å². The Morgan fingerprint density at radius 1 is 1.03 bits per heavy atom. The standard InChI is InChI=1S/C26H25Br2F2NO4S/c1-4-34-25(32)22-18(12-27)23(16-8-10-17(28)11-9-16)36-24(22)31(26(33)35-14-15(2)3)13-19-20(29)6-5-7-21(19)30/h5-11,15H,4,12-14H2,1-3H3. The monoisotopic (exact) mass is 643 g/mol. The molecule has 0 radical (unpaired) electrons. The van der Waals surface area contributed by atoms with E-state index in [1.807, 2.05) is 38.1 Å². The van der Waals surface area contributed by atoms with Crippen LogP contribution in [0.25, 0.3) is 10.4 Å². The van der Waals surface area contributed by atoms with Gasteiger partial charge in [-0.25, -0.2) is 18.4 Å². The zero-order valence-electron chi connectivity index (χ0n) is 19.9. The van der Waals surface area contributed by atoms with Crippen molar-refractivity contribution in [2.24, 2.45) is 5.92 Å². The quantitative estimate of drug-likeness (QED) is 0.174. The molecule has 0 saturated heterocycles. The average Bonchev–Trinajstić information content (AvgIpc) is 3.22. The third-order valence-electron chi connectivity index (χ3n) is 5.09. The maximum Gasteiger partial charge on any atom is 0.415 e. The highest BCUT2D eigenvalue weighted by Crippen LogP contribution is 2.45. The molecule has 1 aromatic heterocycles. The Morgan fingerprint density at radius 3 is 2.22 bits per heavy atom. The van der Waals surface area contributed by atoms with Crippen LogP contribution in [0.15, 0.2) is 46.9 Å². The molecule has 192 valence electrons. The maximum atomic E-state index is 14.6. The van der Waals surface area contributed by atoms with Crippen LogP contribution in [0.3, 0.4) is 0 Å². The van der Waals surface area contributed by atoms with Crippen molar-refractivity contribution in [3.63, 3.8) is 0 Å². The number of benzene rings is 2. The van der Waals surface area contributed by atoms with Crippen molar-refractivity contribution in [1.82, 2.24) is 0 Å². The van der Waals surface area contributed by atoms with Gasteiger partial charge in [0, 0.05) is 20.2 Å². The van der Waals surface area contributed by atoms with E-state index in [-0.39, 0.29) is 40.6 Å². The highest BCUT2D eigenvalue weighted by atomic mass is 79.9. The van der Waals surface area contributed by atoms with Crippen molar-refractivity contribution < 1.29 is 27.8 Å². The second kappa shape index (κ2) is 12.8. The van der Waals surface area contributed by atoms with E-state index in [4.69, 9.17) is 9.47 Å². The minimum atomic E-state index is -0.818. The molecule has 0 spiro atoms. The predicted octanol–water partition coefficient (Wildman–Crippen LogP) is 8.33. The van der Waals surface area contributed by atoms with Crippen molar-refractivity contribution in [2.75, 3.05) is 18.1 Å². The van der Waals surface area contributed by atoms with Crippen molar-refractivity contribution in [1.29, 1.82) is 0 Å². The van der Waals surface area contributed by atoms with Crippen molar-refractivity contribution >= 4 is 60.3 Å². The summed E-state index contributed by atoms with van der Waals surface area (Å²) < 4.78 is 40.9. The van der Waals surface area contributed by atoms with Crippen LogP contribution in [0, 0.1) is 17.6 Å². The van der Waals surface area contributed by atoms with Gasteiger partial charge in [0.1, 0.15) is 16.6 Å². The molecule has 1 amide bonds. The Kier molecular flexibility index (Phi) is 10.0. The van der Waals surface area contributed by atoms with Crippen LogP contribution in [-0.4, -0.2) is 25.3 Å². The minimum absolute atomic E-state index is 0.0327. The Bertz CT molecular complexity index is 1210. The van der Waals surface area contributed by atoms with Gasteiger partial charge in [-0.3, -0.25) is 4.90 Å². The fourth-order valence-corrected chi connectivity index (χ4v) is 5.71. The van der Waals surface area contributed by atoms with Crippen LogP contribution in [0.4, 0.5) is 18.6 Å². The summed E-state index contributed by atoms with van der Waals surface area (Å²) in [4.78, 5) is 28.3. The number of halogens is 4. The van der Waals surface area contributed by atoms with Crippen LogP contribution in [0.5, 0.6) is 0 Å². The first-order valence-corrected chi connectivity index (χ1v) is 13.9. The Labute approximate surface area is 229 Å². The van der Waals surface area contributed by atoms with Gasteiger partial charge in [0.2, 0.25) is 0 Å². The molecule has 0 aliphatic carbocycles. The van der Waals surface area contributed by atoms with Gasteiger partial charge < -0.3 is 9.47 Å². The molecule has 5 nitrogen and oxygen atoms in total. The first-order chi connectivity index (χ1) is 17.2. The Morgan fingerprint density at radius 2 is 1.67 bits per heavy atom. The smallest absolute Gasteiger partial charge is 0.415 e. The third kappa shape index (κ3) is 6.52.